The normalized spacial score (nSPS) is 12.3. The van der Waals surface area contributed by atoms with Crippen molar-refractivity contribution >= 4 is 15.9 Å². The smallest absolute Gasteiger partial charge is 0.241 e. The van der Waals surface area contributed by atoms with E-state index < -0.39 is 10.0 Å². The maximum Gasteiger partial charge on any atom is 0.241 e. The molecule has 0 saturated heterocycles. The maximum absolute atomic E-state index is 12.5. The summed E-state index contributed by atoms with van der Waals surface area (Å²) in [5.41, 5.74) is 1.81. The second kappa shape index (κ2) is 9.31. The highest BCUT2D eigenvalue weighted by Crippen LogP contribution is 2.17. The minimum absolute atomic E-state index is 0.0556. The Balaban J connectivity index is 1.97. The predicted octanol–water partition coefficient (Wildman–Crippen LogP) is 2.96. The first-order chi connectivity index (χ1) is 12.4. The van der Waals surface area contributed by atoms with Crippen molar-refractivity contribution in [3.63, 3.8) is 0 Å². The third-order valence-corrected chi connectivity index (χ3v) is 5.51. The molecule has 138 valence electrons. The molecule has 2 aromatic carbocycles. The van der Waals surface area contributed by atoms with E-state index in [4.69, 9.17) is 0 Å². The average molecular weight is 372 g/mol. The fourth-order valence-corrected chi connectivity index (χ4v) is 3.71. The molecule has 0 unspecified atom stereocenters. The molecule has 2 aromatic rings. The van der Waals surface area contributed by atoms with Crippen LogP contribution in [0.1, 0.15) is 30.5 Å². The van der Waals surface area contributed by atoms with Crippen molar-refractivity contribution in [1.29, 1.82) is 0 Å². The van der Waals surface area contributed by atoms with Crippen LogP contribution in [0.3, 0.4) is 0 Å². The Morgan fingerprint density at radius 3 is 2.38 bits per heavy atom. The molecule has 0 aliphatic rings. The number of carbonyl (C=O) groups excluding carboxylic acids is 1. The number of aryl methyl sites for hydroxylation is 1. The molecule has 0 spiro atoms. The van der Waals surface area contributed by atoms with Gasteiger partial charge in [-0.1, -0.05) is 48.5 Å². The Kier molecular flexibility index (Phi) is 7.12. The lowest BCUT2D eigenvalue weighted by Gasteiger charge is -2.15. The fraction of sp³-hybridized carbons (Fsp3) is 0.250. The average Bonchev–Trinajstić information content (AvgIpc) is 2.65. The summed E-state index contributed by atoms with van der Waals surface area (Å²) >= 11 is 0. The van der Waals surface area contributed by atoms with Gasteiger partial charge < -0.3 is 5.32 Å². The zero-order valence-corrected chi connectivity index (χ0v) is 15.6. The van der Waals surface area contributed by atoms with E-state index in [-0.39, 0.29) is 16.8 Å². The summed E-state index contributed by atoms with van der Waals surface area (Å²) in [4.78, 5) is 11.8. The van der Waals surface area contributed by atoms with Gasteiger partial charge in [0.05, 0.1) is 4.90 Å². The van der Waals surface area contributed by atoms with Crippen molar-refractivity contribution in [2.45, 2.75) is 30.7 Å². The third-order valence-electron chi connectivity index (χ3n) is 3.95. The number of carbonyl (C=O) groups is 1. The first-order valence-corrected chi connectivity index (χ1v) is 9.94. The van der Waals surface area contributed by atoms with Crippen LogP contribution in [0.5, 0.6) is 0 Å². The van der Waals surface area contributed by atoms with Gasteiger partial charge >= 0.3 is 0 Å². The molecule has 0 saturated carbocycles. The van der Waals surface area contributed by atoms with E-state index >= 15 is 0 Å². The monoisotopic (exact) mass is 372 g/mol. The van der Waals surface area contributed by atoms with Crippen LogP contribution in [0.4, 0.5) is 0 Å². The molecule has 5 nitrogen and oxygen atoms in total. The molecule has 0 aliphatic heterocycles. The zero-order valence-electron chi connectivity index (χ0n) is 14.8. The Morgan fingerprint density at radius 1 is 1.12 bits per heavy atom. The van der Waals surface area contributed by atoms with Gasteiger partial charge in [-0.05, 0) is 36.6 Å². The number of nitrogens with one attached hydrogen (secondary N) is 2. The molecule has 1 atom stereocenters. The van der Waals surface area contributed by atoms with Crippen molar-refractivity contribution in [1.82, 2.24) is 10.0 Å². The molecule has 0 fully saturated rings. The van der Waals surface area contributed by atoms with E-state index in [9.17, 15) is 13.2 Å². The molecule has 0 heterocycles. The minimum Gasteiger partial charge on any atom is -0.353 e. The molecular formula is C20H24N2O3S. The predicted molar refractivity (Wildman–Crippen MR) is 103 cm³/mol. The topological polar surface area (TPSA) is 75.3 Å². The number of rotatable bonds is 9. The standard InChI is InChI=1S/C20H24N2O3S/c1-3-15-21-20(23)14-11-17-9-12-19(13-10-17)26(24,25)22-16(2)18-7-5-4-6-8-18/h3-10,12-13,16,22H,1,11,14-15H2,2H3,(H,21,23)/t16-/m1/s1. The van der Waals surface area contributed by atoms with E-state index in [1.807, 2.05) is 37.3 Å². The van der Waals surface area contributed by atoms with Crippen molar-refractivity contribution < 1.29 is 13.2 Å². The number of sulfonamides is 1. The number of benzene rings is 2. The summed E-state index contributed by atoms with van der Waals surface area (Å²) < 4.78 is 27.7. The first-order valence-electron chi connectivity index (χ1n) is 8.46. The highest BCUT2D eigenvalue weighted by molar-refractivity contribution is 7.89. The molecule has 0 aromatic heterocycles. The van der Waals surface area contributed by atoms with Crippen LogP contribution >= 0.6 is 0 Å². The van der Waals surface area contributed by atoms with Crippen LogP contribution in [0.25, 0.3) is 0 Å². The Morgan fingerprint density at radius 2 is 1.77 bits per heavy atom. The van der Waals surface area contributed by atoms with Gasteiger partial charge in [-0.15, -0.1) is 6.58 Å². The number of amides is 1. The fourth-order valence-electron chi connectivity index (χ4n) is 2.48. The van der Waals surface area contributed by atoms with E-state index in [1.165, 1.54) is 0 Å². The molecule has 0 bridgehead atoms. The lowest BCUT2D eigenvalue weighted by atomic mass is 10.1. The molecule has 26 heavy (non-hydrogen) atoms. The van der Waals surface area contributed by atoms with Gasteiger partial charge in [-0.3, -0.25) is 4.79 Å². The third kappa shape index (κ3) is 5.82. The largest absolute Gasteiger partial charge is 0.353 e. The van der Waals surface area contributed by atoms with Gasteiger partial charge in [-0.2, -0.15) is 0 Å². The van der Waals surface area contributed by atoms with Crippen LogP contribution < -0.4 is 10.0 Å². The summed E-state index contributed by atoms with van der Waals surface area (Å²) in [6.45, 7) is 5.80. The first kappa shape index (κ1) is 19.9. The van der Waals surface area contributed by atoms with E-state index in [0.29, 0.717) is 19.4 Å². The Labute approximate surface area is 155 Å². The second-order valence-electron chi connectivity index (χ2n) is 5.99. The Hall–Kier alpha value is -2.44. The maximum atomic E-state index is 12.5. The van der Waals surface area contributed by atoms with Crippen LogP contribution in [0.2, 0.25) is 0 Å². The van der Waals surface area contributed by atoms with E-state index in [0.717, 1.165) is 11.1 Å². The van der Waals surface area contributed by atoms with Gasteiger partial charge in [0.1, 0.15) is 0 Å². The Bertz CT molecular complexity index is 831. The summed E-state index contributed by atoms with van der Waals surface area (Å²) in [6, 6.07) is 15.7. The SMILES string of the molecule is C=CCNC(=O)CCc1ccc(S(=O)(=O)N[C@H](C)c2ccccc2)cc1. The summed E-state index contributed by atoms with van der Waals surface area (Å²) in [6.07, 6.45) is 2.53. The zero-order chi connectivity index (χ0) is 19.0. The van der Waals surface area contributed by atoms with Gasteiger partial charge in [0.25, 0.3) is 0 Å². The summed E-state index contributed by atoms with van der Waals surface area (Å²) in [5, 5.41) is 2.71. The molecule has 0 radical (unpaired) electrons. The molecule has 2 rings (SSSR count). The highest BCUT2D eigenvalue weighted by atomic mass is 32.2. The quantitative estimate of drug-likeness (QED) is 0.665. The minimum atomic E-state index is -3.61. The van der Waals surface area contributed by atoms with Crippen LogP contribution in [0.15, 0.2) is 72.1 Å². The highest BCUT2D eigenvalue weighted by Gasteiger charge is 2.18. The lowest BCUT2D eigenvalue weighted by molar-refractivity contribution is -0.120. The van der Waals surface area contributed by atoms with Crippen molar-refractivity contribution in [3.05, 3.63) is 78.4 Å². The lowest BCUT2D eigenvalue weighted by Crippen LogP contribution is -2.26. The van der Waals surface area contributed by atoms with Gasteiger partial charge in [-0.25, -0.2) is 13.1 Å². The van der Waals surface area contributed by atoms with E-state index in [2.05, 4.69) is 16.6 Å². The van der Waals surface area contributed by atoms with Gasteiger partial charge in [0.2, 0.25) is 15.9 Å². The molecule has 1 amide bonds. The van der Waals surface area contributed by atoms with Crippen molar-refractivity contribution in [3.8, 4) is 0 Å². The number of hydrogen-bond acceptors (Lipinski definition) is 3. The molecule has 2 N–H and O–H groups in total. The van der Waals surface area contributed by atoms with Crippen molar-refractivity contribution in [2.24, 2.45) is 0 Å². The summed E-state index contributed by atoms with van der Waals surface area (Å²) in [7, 11) is -3.61. The van der Waals surface area contributed by atoms with Gasteiger partial charge in [0.15, 0.2) is 0 Å². The van der Waals surface area contributed by atoms with Crippen molar-refractivity contribution in [2.75, 3.05) is 6.54 Å². The molecular weight excluding hydrogens is 348 g/mol. The van der Waals surface area contributed by atoms with Gasteiger partial charge in [0, 0.05) is 19.0 Å². The van der Waals surface area contributed by atoms with Crippen LogP contribution in [0, 0.1) is 0 Å². The molecule has 6 heteroatoms. The number of hydrogen-bond donors (Lipinski definition) is 2. The van der Waals surface area contributed by atoms with Crippen LogP contribution in [-0.2, 0) is 21.2 Å². The molecule has 0 aliphatic carbocycles. The van der Waals surface area contributed by atoms with Crippen LogP contribution in [-0.4, -0.2) is 20.9 Å². The second-order valence-corrected chi connectivity index (χ2v) is 7.70. The van der Waals surface area contributed by atoms with E-state index in [1.54, 1.807) is 30.3 Å². The summed E-state index contributed by atoms with van der Waals surface area (Å²) in [5.74, 6) is -0.0556.